The highest BCUT2D eigenvalue weighted by molar-refractivity contribution is 9.11. The molecular weight excluding hydrogens is 294 g/mol. The Labute approximate surface area is 107 Å². The molecule has 2 rings (SSSR count). The van der Waals surface area contributed by atoms with Crippen molar-refractivity contribution in [3.63, 3.8) is 0 Å². The summed E-state index contributed by atoms with van der Waals surface area (Å²) in [5.41, 5.74) is 6.14. The maximum Gasteiger partial charge on any atom is 0.0820 e. The Hall–Kier alpha value is 0.450. The van der Waals surface area contributed by atoms with E-state index in [9.17, 15) is 0 Å². The number of halogens is 1. The number of hydrogen-bond donors (Lipinski definition) is 1. The first-order valence-corrected chi connectivity index (χ1v) is 7.71. The average Bonchev–Trinajstić information content (AvgIpc) is 2.65. The Morgan fingerprint density at radius 1 is 1.60 bits per heavy atom. The molecule has 0 bridgehead atoms. The van der Waals surface area contributed by atoms with Crippen LogP contribution in [0.3, 0.4) is 0 Å². The normalized spacial score (nSPS) is 24.0. The third-order valence-electron chi connectivity index (χ3n) is 2.39. The van der Waals surface area contributed by atoms with Gasteiger partial charge in [-0.1, -0.05) is 0 Å². The fourth-order valence-corrected chi connectivity index (χ4v) is 4.09. The van der Waals surface area contributed by atoms with Crippen molar-refractivity contribution < 1.29 is 4.74 Å². The summed E-state index contributed by atoms with van der Waals surface area (Å²) < 4.78 is 6.84. The van der Waals surface area contributed by atoms with Gasteiger partial charge in [-0.15, -0.1) is 11.3 Å². The first-order chi connectivity index (χ1) is 7.25. The second kappa shape index (κ2) is 5.68. The first kappa shape index (κ1) is 11.9. The van der Waals surface area contributed by atoms with Crippen molar-refractivity contribution in [3.05, 3.63) is 20.8 Å². The van der Waals surface area contributed by atoms with Crippen molar-refractivity contribution in [1.29, 1.82) is 0 Å². The van der Waals surface area contributed by atoms with Gasteiger partial charge < -0.3 is 10.5 Å². The van der Waals surface area contributed by atoms with Gasteiger partial charge in [-0.05, 0) is 34.5 Å². The second-order valence-corrected chi connectivity index (χ2v) is 7.26. The molecule has 1 aromatic rings. The van der Waals surface area contributed by atoms with Crippen molar-refractivity contribution in [2.45, 2.75) is 18.6 Å². The van der Waals surface area contributed by atoms with Crippen LogP contribution in [0.1, 0.15) is 4.88 Å². The van der Waals surface area contributed by atoms with Crippen LogP contribution in [0, 0.1) is 0 Å². The highest BCUT2D eigenvalue weighted by Crippen LogP contribution is 2.24. The molecule has 5 heteroatoms. The largest absolute Gasteiger partial charge is 0.375 e. The number of ether oxygens (including phenoxy) is 1. The molecule has 0 aromatic carbocycles. The zero-order valence-electron chi connectivity index (χ0n) is 8.32. The van der Waals surface area contributed by atoms with Gasteiger partial charge in [0.2, 0.25) is 0 Å². The van der Waals surface area contributed by atoms with Crippen LogP contribution >= 0.6 is 39.0 Å². The minimum absolute atomic E-state index is 0.128. The molecule has 2 atom stereocenters. The maximum atomic E-state index is 6.14. The lowest BCUT2D eigenvalue weighted by atomic mass is 10.1. The van der Waals surface area contributed by atoms with E-state index in [1.165, 1.54) is 8.66 Å². The van der Waals surface area contributed by atoms with E-state index in [1.807, 2.05) is 11.8 Å². The molecule has 84 valence electrons. The molecule has 0 radical (unpaired) electrons. The third kappa shape index (κ3) is 3.46. The highest BCUT2D eigenvalue weighted by atomic mass is 79.9. The van der Waals surface area contributed by atoms with E-state index in [2.05, 4.69) is 28.1 Å². The summed E-state index contributed by atoms with van der Waals surface area (Å²) >= 11 is 7.15. The fraction of sp³-hybridized carbons (Fsp3) is 0.600. The molecule has 15 heavy (non-hydrogen) atoms. The summed E-state index contributed by atoms with van der Waals surface area (Å²) in [5, 5.41) is 0. The summed E-state index contributed by atoms with van der Waals surface area (Å²) in [7, 11) is 0. The van der Waals surface area contributed by atoms with Crippen LogP contribution < -0.4 is 5.73 Å². The van der Waals surface area contributed by atoms with Gasteiger partial charge in [-0.3, -0.25) is 0 Å². The zero-order chi connectivity index (χ0) is 10.7. The number of thiophene rings is 1. The molecule has 0 amide bonds. The van der Waals surface area contributed by atoms with Gasteiger partial charge in [0.1, 0.15) is 0 Å². The van der Waals surface area contributed by atoms with Crippen molar-refractivity contribution in [3.8, 4) is 0 Å². The lowest BCUT2D eigenvalue weighted by Gasteiger charge is -2.27. The summed E-state index contributed by atoms with van der Waals surface area (Å²) in [5.74, 6) is 2.14. The lowest BCUT2D eigenvalue weighted by Crippen LogP contribution is -2.42. The molecule has 1 aromatic heterocycles. The van der Waals surface area contributed by atoms with Crippen molar-refractivity contribution in [2.24, 2.45) is 5.73 Å². The molecular formula is C10H14BrNOS2. The number of nitrogens with two attached hydrogens (primary N) is 1. The van der Waals surface area contributed by atoms with Gasteiger partial charge in [-0.2, -0.15) is 11.8 Å². The van der Waals surface area contributed by atoms with Gasteiger partial charge in [0, 0.05) is 22.4 Å². The van der Waals surface area contributed by atoms with Crippen LogP contribution in [0.4, 0.5) is 0 Å². The molecule has 2 unspecified atom stereocenters. The third-order valence-corrected chi connectivity index (χ3v) is 5.05. The van der Waals surface area contributed by atoms with Gasteiger partial charge in [0.15, 0.2) is 0 Å². The molecule has 0 aliphatic carbocycles. The van der Waals surface area contributed by atoms with E-state index in [0.29, 0.717) is 0 Å². The van der Waals surface area contributed by atoms with E-state index in [1.54, 1.807) is 11.3 Å². The second-order valence-electron chi connectivity index (χ2n) is 3.56. The number of thioether (sulfide) groups is 1. The lowest BCUT2D eigenvalue weighted by molar-refractivity contribution is 0.0573. The summed E-state index contributed by atoms with van der Waals surface area (Å²) in [4.78, 5) is 1.33. The molecule has 1 aliphatic heterocycles. The van der Waals surface area contributed by atoms with Gasteiger partial charge in [0.05, 0.1) is 16.5 Å². The Balaban J connectivity index is 1.88. The fourth-order valence-electron chi connectivity index (χ4n) is 1.58. The monoisotopic (exact) mass is 307 g/mol. The molecule has 1 aliphatic rings. The topological polar surface area (TPSA) is 35.2 Å². The molecule has 2 heterocycles. The van der Waals surface area contributed by atoms with Gasteiger partial charge in [-0.25, -0.2) is 0 Å². The SMILES string of the molecule is NC(Cc1ccc(Br)s1)C1CSCCO1. The van der Waals surface area contributed by atoms with E-state index in [0.717, 1.165) is 24.5 Å². The predicted octanol–water partition coefficient (Wildman–Crippen LogP) is 2.51. The number of hydrogen-bond acceptors (Lipinski definition) is 4. The van der Waals surface area contributed by atoms with Crippen LogP contribution in [0.5, 0.6) is 0 Å². The highest BCUT2D eigenvalue weighted by Gasteiger charge is 2.22. The Kier molecular flexibility index (Phi) is 4.52. The first-order valence-electron chi connectivity index (χ1n) is 4.95. The minimum atomic E-state index is 0.128. The molecule has 1 saturated heterocycles. The van der Waals surface area contributed by atoms with Crippen molar-refractivity contribution in [1.82, 2.24) is 0 Å². The van der Waals surface area contributed by atoms with Crippen LogP contribution in [0.2, 0.25) is 0 Å². The predicted molar refractivity (Wildman–Crippen MR) is 70.8 cm³/mol. The smallest absolute Gasteiger partial charge is 0.0820 e. The van der Waals surface area contributed by atoms with Gasteiger partial charge in [0.25, 0.3) is 0 Å². The molecule has 1 fully saturated rings. The van der Waals surface area contributed by atoms with E-state index < -0.39 is 0 Å². The average molecular weight is 308 g/mol. The summed E-state index contributed by atoms with van der Waals surface area (Å²) in [6, 6.07) is 4.33. The van der Waals surface area contributed by atoms with E-state index >= 15 is 0 Å². The molecule has 2 N–H and O–H groups in total. The standard InChI is InChI=1S/C10H14BrNOS2/c11-10-2-1-7(15-10)5-8(12)9-6-14-4-3-13-9/h1-2,8-9H,3-6,12H2. The van der Waals surface area contributed by atoms with Crippen LogP contribution in [0.15, 0.2) is 15.9 Å². The van der Waals surface area contributed by atoms with Crippen molar-refractivity contribution in [2.75, 3.05) is 18.1 Å². The molecule has 2 nitrogen and oxygen atoms in total. The maximum absolute atomic E-state index is 6.14. The zero-order valence-corrected chi connectivity index (χ0v) is 11.5. The number of rotatable bonds is 3. The van der Waals surface area contributed by atoms with Crippen LogP contribution in [0.25, 0.3) is 0 Å². The van der Waals surface area contributed by atoms with Crippen LogP contribution in [-0.2, 0) is 11.2 Å². The summed E-state index contributed by atoms with van der Waals surface area (Å²) in [6.07, 6.45) is 1.14. The Bertz CT molecular complexity index is 312. The van der Waals surface area contributed by atoms with Crippen LogP contribution in [-0.4, -0.2) is 30.3 Å². The van der Waals surface area contributed by atoms with Gasteiger partial charge >= 0.3 is 0 Å². The Morgan fingerprint density at radius 2 is 2.47 bits per heavy atom. The molecule has 0 spiro atoms. The Morgan fingerprint density at radius 3 is 3.07 bits per heavy atom. The minimum Gasteiger partial charge on any atom is -0.375 e. The quantitative estimate of drug-likeness (QED) is 0.932. The van der Waals surface area contributed by atoms with E-state index in [-0.39, 0.29) is 12.1 Å². The summed E-state index contributed by atoms with van der Waals surface area (Å²) in [6.45, 7) is 0.844. The molecule has 0 saturated carbocycles. The van der Waals surface area contributed by atoms with Crippen molar-refractivity contribution >= 4 is 39.0 Å². The van der Waals surface area contributed by atoms with E-state index in [4.69, 9.17) is 10.5 Å².